The van der Waals surface area contributed by atoms with Crippen LogP contribution in [0.4, 0.5) is 0 Å². The van der Waals surface area contributed by atoms with Gasteiger partial charge in [0.25, 0.3) is 5.91 Å². The smallest absolute Gasteiger partial charge is 0.258 e. The summed E-state index contributed by atoms with van der Waals surface area (Å²) in [5.74, 6) is 1.11. The molecule has 1 rings (SSSR count). The van der Waals surface area contributed by atoms with Gasteiger partial charge in [-0.2, -0.15) is 5.26 Å². The monoisotopic (exact) mass is 274 g/mol. The highest BCUT2D eigenvalue weighted by Crippen LogP contribution is 2.11. The summed E-state index contributed by atoms with van der Waals surface area (Å²) < 4.78 is 5.37. The number of amides is 1. The Hall–Kier alpha value is -2.02. The molecule has 0 fully saturated rings. The van der Waals surface area contributed by atoms with Crippen LogP contribution in [-0.2, 0) is 4.79 Å². The number of rotatable bonds is 7. The van der Waals surface area contributed by atoms with Crippen molar-refractivity contribution in [1.29, 1.82) is 5.26 Å². The van der Waals surface area contributed by atoms with Gasteiger partial charge in [0, 0.05) is 6.04 Å². The Kier molecular flexibility index (Phi) is 6.58. The molecular weight excluding hydrogens is 252 g/mol. The molecule has 0 aromatic heterocycles. The fraction of sp³-hybridized carbons (Fsp3) is 0.500. The maximum absolute atomic E-state index is 11.7. The van der Waals surface area contributed by atoms with Gasteiger partial charge in [-0.25, -0.2) is 0 Å². The van der Waals surface area contributed by atoms with Crippen LogP contribution in [0.15, 0.2) is 24.3 Å². The van der Waals surface area contributed by atoms with Crippen molar-refractivity contribution in [2.45, 2.75) is 39.7 Å². The zero-order chi connectivity index (χ0) is 15.0. The van der Waals surface area contributed by atoms with Gasteiger partial charge in [-0.3, -0.25) is 4.79 Å². The Morgan fingerprint density at radius 3 is 2.45 bits per heavy atom. The minimum atomic E-state index is -0.120. The van der Waals surface area contributed by atoms with Crippen LogP contribution in [0, 0.1) is 17.2 Å². The lowest BCUT2D eigenvalue weighted by molar-refractivity contribution is -0.123. The Balaban J connectivity index is 2.30. The number of hydrogen-bond acceptors (Lipinski definition) is 3. The van der Waals surface area contributed by atoms with Crippen molar-refractivity contribution in [3.63, 3.8) is 0 Å². The topological polar surface area (TPSA) is 62.1 Å². The molecule has 1 N–H and O–H groups in total. The summed E-state index contributed by atoms with van der Waals surface area (Å²) >= 11 is 0. The number of nitrogens with one attached hydrogen (secondary N) is 1. The molecule has 4 nitrogen and oxygen atoms in total. The number of benzene rings is 1. The summed E-state index contributed by atoms with van der Waals surface area (Å²) in [4.78, 5) is 11.7. The lowest BCUT2D eigenvalue weighted by Gasteiger charge is -2.15. The molecule has 1 aromatic rings. The first kappa shape index (κ1) is 16.0. The van der Waals surface area contributed by atoms with E-state index in [9.17, 15) is 4.79 Å². The fourth-order valence-electron chi connectivity index (χ4n) is 1.75. The van der Waals surface area contributed by atoms with Crippen molar-refractivity contribution in [2.24, 2.45) is 5.92 Å². The molecule has 4 heteroatoms. The van der Waals surface area contributed by atoms with Crippen molar-refractivity contribution >= 4 is 5.91 Å². The molecule has 0 radical (unpaired) electrons. The van der Waals surface area contributed by atoms with Crippen LogP contribution >= 0.6 is 0 Å². The number of hydrogen-bond donors (Lipinski definition) is 1. The van der Waals surface area contributed by atoms with Gasteiger partial charge in [-0.15, -0.1) is 0 Å². The lowest BCUT2D eigenvalue weighted by atomic mass is 10.0. The van der Waals surface area contributed by atoms with Crippen LogP contribution in [0.3, 0.4) is 0 Å². The van der Waals surface area contributed by atoms with Crippen molar-refractivity contribution in [3.05, 3.63) is 29.8 Å². The van der Waals surface area contributed by atoms with E-state index in [0.717, 1.165) is 12.8 Å². The summed E-state index contributed by atoms with van der Waals surface area (Å²) in [6.07, 6.45) is 2.07. The molecule has 0 spiro atoms. The first-order valence-corrected chi connectivity index (χ1v) is 6.93. The molecule has 108 valence electrons. The maximum Gasteiger partial charge on any atom is 0.258 e. The van der Waals surface area contributed by atoms with Gasteiger partial charge in [0.05, 0.1) is 11.6 Å². The van der Waals surface area contributed by atoms with Gasteiger partial charge in [0.1, 0.15) is 5.75 Å². The van der Waals surface area contributed by atoms with Crippen molar-refractivity contribution in [1.82, 2.24) is 5.32 Å². The third kappa shape index (κ3) is 6.24. The van der Waals surface area contributed by atoms with Crippen LogP contribution in [0.1, 0.15) is 39.2 Å². The molecule has 20 heavy (non-hydrogen) atoms. The van der Waals surface area contributed by atoms with Crippen LogP contribution in [0.25, 0.3) is 0 Å². The van der Waals surface area contributed by atoms with Gasteiger partial charge < -0.3 is 10.1 Å². The van der Waals surface area contributed by atoms with Crippen molar-refractivity contribution in [2.75, 3.05) is 6.61 Å². The fourth-order valence-corrected chi connectivity index (χ4v) is 1.75. The van der Waals surface area contributed by atoms with E-state index < -0.39 is 0 Å². The normalized spacial score (nSPS) is 11.8. The van der Waals surface area contributed by atoms with E-state index in [1.54, 1.807) is 24.3 Å². The largest absolute Gasteiger partial charge is 0.484 e. The van der Waals surface area contributed by atoms with E-state index in [4.69, 9.17) is 10.00 Å². The number of carbonyl (C=O) groups excluding carboxylic acids is 1. The summed E-state index contributed by atoms with van der Waals surface area (Å²) in [6.45, 7) is 6.34. The van der Waals surface area contributed by atoms with E-state index >= 15 is 0 Å². The lowest BCUT2D eigenvalue weighted by Crippen LogP contribution is -2.36. The molecule has 0 aliphatic heterocycles. The molecule has 1 aromatic carbocycles. The van der Waals surface area contributed by atoms with Crippen molar-refractivity contribution < 1.29 is 9.53 Å². The van der Waals surface area contributed by atoms with Gasteiger partial charge >= 0.3 is 0 Å². The van der Waals surface area contributed by atoms with Gasteiger partial charge in [-0.1, -0.05) is 13.8 Å². The molecule has 0 bridgehead atoms. The van der Waals surface area contributed by atoms with Gasteiger partial charge in [0.2, 0.25) is 0 Å². The highest BCUT2D eigenvalue weighted by Gasteiger charge is 2.08. The third-order valence-electron chi connectivity index (χ3n) is 2.94. The average Bonchev–Trinajstić information content (AvgIpc) is 2.43. The standard InChI is InChI=1S/C16H22N2O2/c1-12(2)4-5-13(3)18-16(19)11-20-15-8-6-14(10-17)7-9-15/h6-9,12-13H,4-5,11H2,1-3H3,(H,18,19)/t13-/m1/s1. The molecular formula is C16H22N2O2. The average molecular weight is 274 g/mol. The minimum Gasteiger partial charge on any atom is -0.484 e. The molecule has 0 unspecified atom stereocenters. The Bertz CT molecular complexity index is 460. The summed E-state index contributed by atoms with van der Waals surface area (Å²) in [6, 6.07) is 8.90. The second-order valence-electron chi connectivity index (χ2n) is 5.36. The van der Waals surface area contributed by atoms with E-state index in [0.29, 0.717) is 17.2 Å². The predicted octanol–water partition coefficient (Wildman–Crippen LogP) is 2.88. The Labute approximate surface area is 120 Å². The third-order valence-corrected chi connectivity index (χ3v) is 2.94. The van der Waals surface area contributed by atoms with Crippen LogP contribution in [0.5, 0.6) is 5.75 Å². The number of nitrogens with zero attached hydrogens (tertiary/aromatic N) is 1. The number of nitriles is 1. The van der Waals surface area contributed by atoms with E-state index in [-0.39, 0.29) is 18.6 Å². The maximum atomic E-state index is 11.7. The molecule has 0 heterocycles. The Morgan fingerprint density at radius 2 is 1.90 bits per heavy atom. The van der Waals surface area contributed by atoms with Crippen LogP contribution < -0.4 is 10.1 Å². The van der Waals surface area contributed by atoms with Crippen LogP contribution in [-0.4, -0.2) is 18.6 Å². The SMILES string of the molecule is CC(C)CC[C@@H](C)NC(=O)COc1ccc(C#N)cc1. The van der Waals surface area contributed by atoms with Crippen LogP contribution in [0.2, 0.25) is 0 Å². The van der Waals surface area contributed by atoms with Gasteiger partial charge in [0.15, 0.2) is 6.61 Å². The zero-order valence-electron chi connectivity index (χ0n) is 12.3. The second kappa shape index (κ2) is 8.21. The molecule has 1 atom stereocenters. The quantitative estimate of drug-likeness (QED) is 0.831. The predicted molar refractivity (Wildman–Crippen MR) is 78.3 cm³/mol. The first-order valence-electron chi connectivity index (χ1n) is 6.93. The highest BCUT2D eigenvalue weighted by molar-refractivity contribution is 5.77. The van der Waals surface area contributed by atoms with Gasteiger partial charge in [-0.05, 0) is 49.9 Å². The molecule has 0 aliphatic carbocycles. The summed E-state index contributed by atoms with van der Waals surface area (Å²) in [5, 5.41) is 11.6. The second-order valence-corrected chi connectivity index (χ2v) is 5.36. The zero-order valence-corrected chi connectivity index (χ0v) is 12.3. The summed E-state index contributed by atoms with van der Waals surface area (Å²) in [7, 11) is 0. The number of ether oxygens (including phenoxy) is 1. The van der Waals surface area contributed by atoms with Crippen molar-refractivity contribution in [3.8, 4) is 11.8 Å². The highest BCUT2D eigenvalue weighted by atomic mass is 16.5. The van der Waals surface area contributed by atoms with E-state index in [1.165, 1.54) is 0 Å². The Morgan fingerprint density at radius 1 is 1.25 bits per heavy atom. The molecule has 0 saturated heterocycles. The first-order chi connectivity index (χ1) is 9.51. The minimum absolute atomic E-state index is 0.00206. The molecule has 0 aliphatic rings. The number of carbonyl (C=O) groups is 1. The molecule has 1 amide bonds. The van der Waals surface area contributed by atoms with E-state index in [1.807, 2.05) is 13.0 Å². The van der Waals surface area contributed by atoms with E-state index in [2.05, 4.69) is 19.2 Å². The summed E-state index contributed by atoms with van der Waals surface area (Å²) in [5.41, 5.74) is 0.573. The molecule has 0 saturated carbocycles.